The van der Waals surface area contributed by atoms with Gasteiger partial charge in [0.05, 0.1) is 0 Å². The Kier molecular flexibility index (Phi) is 5.39. The van der Waals surface area contributed by atoms with Gasteiger partial charge >= 0.3 is 0 Å². The number of halogens is 1. The number of nitrogens with one attached hydrogen (secondary N) is 3. The quantitative estimate of drug-likeness (QED) is 0.582. The highest BCUT2D eigenvalue weighted by molar-refractivity contribution is 6.30. The Balaban J connectivity index is 0.986. The Morgan fingerprint density at radius 2 is 1.58 bits per heavy atom. The lowest BCUT2D eigenvalue weighted by molar-refractivity contribution is -0.136. The van der Waals surface area contributed by atoms with Crippen LogP contribution in [-0.2, 0) is 4.79 Å². The van der Waals surface area contributed by atoms with Crippen LogP contribution in [0.15, 0.2) is 28.7 Å². The molecule has 7 rings (SSSR count). The van der Waals surface area contributed by atoms with E-state index >= 15 is 0 Å². The number of aryl methyl sites for hydroxylation is 1. The topological polar surface area (TPSA) is 103 Å². The molecule has 2 amide bonds. The van der Waals surface area contributed by atoms with Crippen molar-refractivity contribution < 1.29 is 14.0 Å². The number of aromatic nitrogens is 1. The van der Waals surface area contributed by atoms with Crippen LogP contribution in [0.5, 0.6) is 0 Å². The smallest absolute Gasteiger partial charge is 0.276 e. The minimum atomic E-state index is -0.0556. The summed E-state index contributed by atoms with van der Waals surface area (Å²) >= 11 is 5.99. The molecule has 3 aliphatic heterocycles. The number of fused-ring (bicyclic) bond motifs is 5. The van der Waals surface area contributed by atoms with E-state index in [4.69, 9.17) is 16.0 Å². The highest BCUT2D eigenvalue weighted by Gasteiger charge is 2.59. The summed E-state index contributed by atoms with van der Waals surface area (Å²) in [5, 5.41) is 0.643. The molecule has 0 spiro atoms. The predicted octanol–water partition coefficient (Wildman–Crippen LogP) is 2.23. The van der Waals surface area contributed by atoms with Gasteiger partial charge in [0.25, 0.3) is 5.91 Å². The molecular formula is C26H31ClN6O3. The summed E-state index contributed by atoms with van der Waals surface area (Å²) in [6.07, 6.45) is 2.86. The molecule has 1 aromatic heterocycles. The average Bonchev–Trinajstić information content (AvgIpc) is 3.65. The average molecular weight is 511 g/mol. The minimum absolute atomic E-state index is 0.0556. The van der Waals surface area contributed by atoms with E-state index in [-0.39, 0.29) is 11.8 Å². The minimum Gasteiger partial charge on any atom is -0.441 e. The third-order valence-corrected chi connectivity index (χ3v) is 9.58. The summed E-state index contributed by atoms with van der Waals surface area (Å²) in [6.45, 7) is 4.95. The lowest BCUT2D eigenvalue weighted by Crippen LogP contribution is -2.45. The first-order valence-electron chi connectivity index (χ1n) is 13.0. The van der Waals surface area contributed by atoms with E-state index in [9.17, 15) is 9.59 Å². The zero-order valence-corrected chi connectivity index (χ0v) is 21.0. The van der Waals surface area contributed by atoms with Gasteiger partial charge in [-0.1, -0.05) is 11.6 Å². The largest absolute Gasteiger partial charge is 0.441 e. The van der Waals surface area contributed by atoms with Gasteiger partial charge in [0.1, 0.15) is 5.76 Å². The summed E-state index contributed by atoms with van der Waals surface area (Å²) < 4.78 is 5.83. The molecule has 4 heterocycles. The lowest BCUT2D eigenvalue weighted by Gasteiger charge is -2.42. The van der Waals surface area contributed by atoms with Crippen LogP contribution in [0.1, 0.15) is 35.5 Å². The molecule has 2 aliphatic carbocycles. The molecule has 5 fully saturated rings. The van der Waals surface area contributed by atoms with Crippen molar-refractivity contribution in [2.75, 3.05) is 26.2 Å². The number of hydrogen-bond acceptors (Lipinski definition) is 7. The number of likely N-dealkylation sites (tertiary alicyclic amines) is 2. The van der Waals surface area contributed by atoms with Crippen LogP contribution in [0.2, 0.25) is 5.02 Å². The molecule has 0 bridgehead atoms. The first-order valence-corrected chi connectivity index (χ1v) is 13.4. The van der Waals surface area contributed by atoms with E-state index in [1.165, 1.54) is 0 Å². The van der Waals surface area contributed by atoms with Gasteiger partial charge in [0, 0.05) is 54.8 Å². The van der Waals surface area contributed by atoms with Crippen molar-refractivity contribution >= 4 is 23.4 Å². The van der Waals surface area contributed by atoms with Gasteiger partial charge < -0.3 is 14.2 Å². The number of hydrazine groups is 2. The lowest BCUT2D eigenvalue weighted by atomic mass is 9.60. The van der Waals surface area contributed by atoms with Gasteiger partial charge in [-0.3, -0.25) is 9.59 Å². The number of nitrogens with zero attached hydrogens (tertiary/aromatic N) is 3. The molecule has 3 unspecified atom stereocenters. The van der Waals surface area contributed by atoms with Crippen molar-refractivity contribution in [2.45, 2.75) is 38.3 Å². The van der Waals surface area contributed by atoms with E-state index in [0.29, 0.717) is 64.0 Å². The Morgan fingerprint density at radius 3 is 2.28 bits per heavy atom. The van der Waals surface area contributed by atoms with Crippen molar-refractivity contribution in [1.82, 2.24) is 31.2 Å². The van der Waals surface area contributed by atoms with Crippen molar-refractivity contribution in [2.24, 2.45) is 29.6 Å². The maximum absolute atomic E-state index is 13.4. The second-order valence-corrected chi connectivity index (χ2v) is 11.6. The van der Waals surface area contributed by atoms with Gasteiger partial charge in [-0.25, -0.2) is 15.8 Å². The Labute approximate surface area is 214 Å². The van der Waals surface area contributed by atoms with Gasteiger partial charge in [-0.2, -0.15) is 5.53 Å². The zero-order valence-electron chi connectivity index (χ0n) is 20.2. The summed E-state index contributed by atoms with van der Waals surface area (Å²) in [5.74, 6) is 3.32. The van der Waals surface area contributed by atoms with Crippen LogP contribution in [-0.4, -0.2) is 64.9 Å². The SMILES string of the molecule is Cc1oc(-c2ccc(Cl)cc2)nc1C(=O)N1C[C@@H]2[C@H](C1)[C@H]1CN(C(=O)C3CCC4NNNC4C3)C[C@@H]21. The summed E-state index contributed by atoms with van der Waals surface area (Å²) in [6, 6.07) is 8.00. The van der Waals surface area contributed by atoms with Gasteiger partial charge in [-0.15, -0.1) is 0 Å². The third kappa shape index (κ3) is 3.59. The maximum Gasteiger partial charge on any atom is 0.276 e. The molecule has 0 radical (unpaired) electrons. The summed E-state index contributed by atoms with van der Waals surface area (Å²) in [4.78, 5) is 35.3. The Bertz CT molecular complexity index is 1180. The van der Waals surface area contributed by atoms with Crippen LogP contribution < -0.4 is 16.4 Å². The zero-order chi connectivity index (χ0) is 24.6. The van der Waals surface area contributed by atoms with Crippen molar-refractivity contribution in [3.8, 4) is 11.5 Å². The fourth-order valence-electron chi connectivity index (χ4n) is 7.39. The molecule has 190 valence electrons. The molecule has 10 heteroatoms. The number of oxazole rings is 1. The van der Waals surface area contributed by atoms with Gasteiger partial charge in [0.15, 0.2) is 5.69 Å². The normalized spacial score (nSPS) is 34.8. The summed E-state index contributed by atoms with van der Waals surface area (Å²) in [5.41, 5.74) is 10.7. The Morgan fingerprint density at radius 1 is 0.944 bits per heavy atom. The van der Waals surface area contributed by atoms with Crippen molar-refractivity contribution in [1.29, 1.82) is 0 Å². The third-order valence-electron chi connectivity index (χ3n) is 9.33. The fraction of sp³-hybridized carbons (Fsp3) is 0.577. The predicted molar refractivity (Wildman–Crippen MR) is 132 cm³/mol. The van der Waals surface area contributed by atoms with E-state index in [0.717, 1.165) is 51.0 Å². The highest BCUT2D eigenvalue weighted by Crippen LogP contribution is 2.54. The number of carbonyl (C=O) groups excluding carboxylic acids is 2. The van der Waals surface area contributed by atoms with Gasteiger partial charge in [0.2, 0.25) is 11.8 Å². The Hall–Kier alpha value is -2.46. The molecule has 2 aromatic rings. The van der Waals surface area contributed by atoms with Crippen molar-refractivity contribution in [3.05, 3.63) is 40.7 Å². The number of benzene rings is 1. The standard InChI is InChI=1S/C26H31ClN6O3/c1-13-23(28-24(36-13)14-2-5-16(27)6-3-14)26(35)33-11-19-17-9-32(10-18(17)20(19)12-33)25(34)15-4-7-21-22(8-15)30-31-29-21/h2-3,5-6,15,17-22,29-31H,4,7-12H2,1H3/t15?,17-,18+,19+,20-,21?,22?. The molecule has 5 aliphatic rings. The van der Waals surface area contributed by atoms with E-state index < -0.39 is 0 Å². The van der Waals surface area contributed by atoms with Crippen LogP contribution >= 0.6 is 11.6 Å². The first kappa shape index (κ1) is 22.7. The molecule has 9 nitrogen and oxygen atoms in total. The summed E-state index contributed by atoms with van der Waals surface area (Å²) in [7, 11) is 0. The number of carbonyl (C=O) groups is 2. The van der Waals surface area contributed by atoms with Crippen LogP contribution in [0.25, 0.3) is 11.5 Å². The molecule has 1 aromatic carbocycles. The van der Waals surface area contributed by atoms with Crippen LogP contribution in [0, 0.1) is 36.5 Å². The second kappa shape index (κ2) is 8.55. The monoisotopic (exact) mass is 510 g/mol. The van der Waals surface area contributed by atoms with E-state index in [1.54, 1.807) is 19.1 Å². The molecule has 7 atom stereocenters. The molecule has 3 saturated heterocycles. The van der Waals surface area contributed by atoms with E-state index in [1.807, 2.05) is 17.0 Å². The van der Waals surface area contributed by atoms with Crippen LogP contribution in [0.4, 0.5) is 0 Å². The number of hydrogen-bond donors (Lipinski definition) is 3. The second-order valence-electron chi connectivity index (χ2n) is 11.2. The fourth-order valence-corrected chi connectivity index (χ4v) is 7.52. The van der Waals surface area contributed by atoms with Crippen LogP contribution in [0.3, 0.4) is 0 Å². The number of rotatable bonds is 3. The highest BCUT2D eigenvalue weighted by atomic mass is 35.5. The molecule has 2 saturated carbocycles. The maximum atomic E-state index is 13.4. The van der Waals surface area contributed by atoms with E-state index in [2.05, 4.69) is 26.3 Å². The van der Waals surface area contributed by atoms with Gasteiger partial charge in [-0.05, 0) is 74.1 Å². The molecule has 36 heavy (non-hydrogen) atoms. The number of amides is 2. The van der Waals surface area contributed by atoms with Crippen molar-refractivity contribution in [3.63, 3.8) is 0 Å². The molecular weight excluding hydrogens is 480 g/mol. The first-order chi connectivity index (χ1) is 17.5. The molecule has 3 N–H and O–H groups in total.